The fourth-order valence-corrected chi connectivity index (χ4v) is 4.73. The molecule has 3 N–H and O–H groups in total. The van der Waals surface area contributed by atoms with Crippen LogP contribution in [0.5, 0.6) is 0 Å². The maximum absolute atomic E-state index is 13.8. The van der Waals surface area contributed by atoms with E-state index in [0.29, 0.717) is 43.9 Å². The number of hydrogen-bond donors (Lipinski definition) is 3. The number of hydrogen-bond acceptors (Lipinski definition) is 4. The first-order valence-corrected chi connectivity index (χ1v) is 14.2. The van der Waals surface area contributed by atoms with Crippen molar-refractivity contribution in [1.29, 1.82) is 0 Å². The van der Waals surface area contributed by atoms with Crippen molar-refractivity contribution >= 4 is 35.2 Å². The Morgan fingerprint density at radius 2 is 1.50 bits per heavy atom. The highest BCUT2D eigenvalue weighted by Crippen LogP contribution is 2.28. The molecular weight excluding hydrogens is 504 g/mol. The molecule has 1 saturated heterocycles. The molecule has 38 heavy (non-hydrogen) atoms. The van der Waals surface area contributed by atoms with E-state index >= 15 is 0 Å². The summed E-state index contributed by atoms with van der Waals surface area (Å²) in [4.78, 5) is 53.5. The molecule has 0 bridgehead atoms. The van der Waals surface area contributed by atoms with Crippen molar-refractivity contribution in [2.24, 2.45) is 11.3 Å². The Labute approximate surface area is 232 Å². The van der Waals surface area contributed by atoms with Gasteiger partial charge in [0, 0.05) is 50.5 Å². The van der Waals surface area contributed by atoms with Crippen molar-refractivity contribution < 1.29 is 19.2 Å². The number of halogens is 1. The highest BCUT2D eigenvalue weighted by atomic mass is 35.5. The van der Waals surface area contributed by atoms with Crippen molar-refractivity contribution in [2.45, 2.75) is 91.6 Å². The molecule has 1 aliphatic rings. The molecule has 1 atom stereocenters. The second-order valence-electron chi connectivity index (χ2n) is 11.5. The van der Waals surface area contributed by atoms with Crippen LogP contribution in [0.15, 0.2) is 24.3 Å². The second-order valence-corrected chi connectivity index (χ2v) is 11.9. The van der Waals surface area contributed by atoms with Gasteiger partial charge in [0.2, 0.25) is 23.6 Å². The average Bonchev–Trinajstić information content (AvgIpc) is 2.82. The smallest absolute Gasteiger partial charge is 0.242 e. The molecule has 2 rings (SSSR count). The van der Waals surface area contributed by atoms with Gasteiger partial charge in [-0.25, -0.2) is 0 Å². The van der Waals surface area contributed by atoms with Gasteiger partial charge in [0.05, 0.1) is 0 Å². The van der Waals surface area contributed by atoms with Crippen LogP contribution in [0.1, 0.15) is 84.6 Å². The number of carbonyl (C=O) groups is 4. The van der Waals surface area contributed by atoms with E-state index in [1.54, 1.807) is 17.0 Å². The summed E-state index contributed by atoms with van der Waals surface area (Å²) in [5.41, 5.74) is 0.278. The van der Waals surface area contributed by atoms with E-state index in [9.17, 15) is 19.2 Å². The van der Waals surface area contributed by atoms with Gasteiger partial charge in [-0.05, 0) is 54.7 Å². The number of amides is 4. The maximum atomic E-state index is 13.8. The zero-order chi connectivity index (χ0) is 28.1. The van der Waals surface area contributed by atoms with Gasteiger partial charge < -0.3 is 20.9 Å². The lowest BCUT2D eigenvalue weighted by molar-refractivity contribution is -0.143. The summed E-state index contributed by atoms with van der Waals surface area (Å²) in [5.74, 6) is -0.276. The van der Waals surface area contributed by atoms with Crippen LogP contribution in [0.25, 0.3) is 0 Å². The third-order valence-electron chi connectivity index (χ3n) is 6.61. The lowest BCUT2D eigenvalue weighted by Gasteiger charge is -2.35. The van der Waals surface area contributed by atoms with Crippen molar-refractivity contribution in [1.82, 2.24) is 20.9 Å². The Balaban J connectivity index is 2.29. The van der Waals surface area contributed by atoms with Gasteiger partial charge in [0.1, 0.15) is 6.04 Å². The van der Waals surface area contributed by atoms with Crippen molar-refractivity contribution in [3.63, 3.8) is 0 Å². The number of nitrogens with one attached hydrogen (secondary N) is 3. The van der Waals surface area contributed by atoms with Gasteiger partial charge >= 0.3 is 0 Å². The largest absolute Gasteiger partial charge is 0.356 e. The molecule has 9 heteroatoms. The topological polar surface area (TPSA) is 108 Å². The molecular formula is C29H45ClN4O4. The molecule has 1 heterocycles. The van der Waals surface area contributed by atoms with Gasteiger partial charge in [0.15, 0.2) is 0 Å². The van der Waals surface area contributed by atoms with E-state index in [0.717, 1.165) is 24.8 Å². The summed E-state index contributed by atoms with van der Waals surface area (Å²) in [6, 6.07) is 6.65. The average molecular weight is 549 g/mol. The molecule has 0 aromatic heterocycles. The Morgan fingerprint density at radius 1 is 0.868 bits per heavy atom. The van der Waals surface area contributed by atoms with Gasteiger partial charge in [0.25, 0.3) is 0 Å². The first kappa shape index (κ1) is 31.6. The predicted octanol–water partition coefficient (Wildman–Crippen LogP) is 4.20. The van der Waals surface area contributed by atoms with E-state index in [-0.39, 0.29) is 48.9 Å². The summed E-state index contributed by atoms with van der Waals surface area (Å²) in [6.07, 6.45) is 4.24. The minimum atomic E-state index is -0.640. The van der Waals surface area contributed by atoms with Crippen LogP contribution in [-0.4, -0.2) is 54.2 Å². The number of nitrogens with zero attached hydrogens (tertiary/aromatic N) is 1. The van der Waals surface area contributed by atoms with Crippen LogP contribution in [0.4, 0.5) is 0 Å². The SMILES string of the molecule is CC(C)CC1C(=O)NCCCCCC(=O)NCCCNC(=O)CC(C)(C)CC(=O)N1Cc1ccc(Cl)cc1. The zero-order valence-corrected chi connectivity index (χ0v) is 24.2. The number of carbonyl (C=O) groups excluding carboxylic acids is 4. The normalized spacial score (nSPS) is 21.4. The molecule has 0 aliphatic carbocycles. The van der Waals surface area contributed by atoms with Gasteiger partial charge in [-0.1, -0.05) is 57.8 Å². The molecule has 8 nitrogen and oxygen atoms in total. The Hall–Kier alpha value is -2.61. The van der Waals surface area contributed by atoms with Gasteiger partial charge in [-0.3, -0.25) is 19.2 Å². The monoisotopic (exact) mass is 548 g/mol. The standard InChI is InChI=1S/C29H45ClN4O4/c1-21(2)17-24-28(38)33-14-7-5-6-9-25(35)31-15-8-16-32-26(36)18-29(3,4)19-27(37)34(24)20-22-10-12-23(30)13-11-22/h10-13,21,24H,5-9,14-20H2,1-4H3,(H,31,35)(H,32,36)(H,33,38). The van der Waals surface area contributed by atoms with Crippen molar-refractivity contribution in [3.8, 4) is 0 Å². The summed E-state index contributed by atoms with van der Waals surface area (Å²) < 4.78 is 0. The van der Waals surface area contributed by atoms with E-state index in [1.165, 1.54) is 0 Å². The van der Waals surface area contributed by atoms with E-state index in [4.69, 9.17) is 11.6 Å². The molecule has 0 radical (unpaired) electrons. The molecule has 4 amide bonds. The molecule has 0 spiro atoms. The Morgan fingerprint density at radius 3 is 2.16 bits per heavy atom. The van der Waals surface area contributed by atoms with Crippen LogP contribution >= 0.6 is 11.6 Å². The van der Waals surface area contributed by atoms with E-state index < -0.39 is 11.5 Å². The highest BCUT2D eigenvalue weighted by molar-refractivity contribution is 6.30. The third kappa shape index (κ3) is 11.8. The quantitative estimate of drug-likeness (QED) is 0.524. The van der Waals surface area contributed by atoms with E-state index in [2.05, 4.69) is 16.0 Å². The first-order chi connectivity index (χ1) is 18.0. The molecule has 212 valence electrons. The number of rotatable bonds is 4. The lowest BCUT2D eigenvalue weighted by atomic mass is 9.84. The first-order valence-electron chi connectivity index (χ1n) is 13.8. The summed E-state index contributed by atoms with van der Waals surface area (Å²) in [5, 5.41) is 9.41. The van der Waals surface area contributed by atoms with Gasteiger partial charge in [-0.15, -0.1) is 0 Å². The Kier molecular flexibility index (Phi) is 13.1. The molecule has 0 saturated carbocycles. The predicted molar refractivity (Wildman–Crippen MR) is 150 cm³/mol. The van der Waals surface area contributed by atoms with Crippen molar-refractivity contribution in [2.75, 3.05) is 19.6 Å². The minimum Gasteiger partial charge on any atom is -0.356 e. The highest BCUT2D eigenvalue weighted by Gasteiger charge is 2.34. The second kappa shape index (κ2) is 15.7. The van der Waals surface area contributed by atoms with Crippen LogP contribution in [-0.2, 0) is 25.7 Å². The zero-order valence-electron chi connectivity index (χ0n) is 23.4. The van der Waals surface area contributed by atoms with Gasteiger partial charge in [-0.2, -0.15) is 0 Å². The number of benzene rings is 1. The molecule has 1 fully saturated rings. The summed E-state index contributed by atoms with van der Waals surface area (Å²) >= 11 is 6.07. The van der Waals surface area contributed by atoms with Crippen molar-refractivity contribution in [3.05, 3.63) is 34.9 Å². The van der Waals surface area contributed by atoms with Crippen LogP contribution < -0.4 is 16.0 Å². The third-order valence-corrected chi connectivity index (χ3v) is 6.86. The van der Waals surface area contributed by atoms with E-state index in [1.807, 2.05) is 39.8 Å². The van der Waals surface area contributed by atoms with Crippen LogP contribution in [0, 0.1) is 11.3 Å². The molecule has 1 aliphatic heterocycles. The Bertz CT molecular complexity index is 933. The minimum absolute atomic E-state index is 0.00394. The molecule has 1 unspecified atom stereocenters. The summed E-state index contributed by atoms with van der Waals surface area (Å²) in [7, 11) is 0. The van der Waals surface area contributed by atoms with Crippen LogP contribution in [0.3, 0.4) is 0 Å². The fraction of sp³-hybridized carbons (Fsp3) is 0.655. The fourth-order valence-electron chi connectivity index (χ4n) is 4.60. The maximum Gasteiger partial charge on any atom is 0.242 e. The molecule has 1 aromatic carbocycles. The lowest BCUT2D eigenvalue weighted by Crippen LogP contribution is -2.51. The summed E-state index contributed by atoms with van der Waals surface area (Å²) in [6.45, 7) is 9.60. The van der Waals surface area contributed by atoms with Crippen LogP contribution in [0.2, 0.25) is 5.02 Å². The molecule has 1 aromatic rings.